The molecular weight excluding hydrogens is 298 g/mol. The zero-order valence-electron chi connectivity index (χ0n) is 12.9. The highest BCUT2D eigenvalue weighted by atomic mass is 32.2. The van der Waals surface area contributed by atoms with Crippen LogP contribution in [0.2, 0.25) is 0 Å². The van der Waals surface area contributed by atoms with Crippen molar-refractivity contribution < 1.29 is 8.42 Å². The molecule has 1 atom stereocenters. The van der Waals surface area contributed by atoms with Crippen molar-refractivity contribution in [2.75, 3.05) is 27.2 Å². The van der Waals surface area contributed by atoms with Gasteiger partial charge in [-0.15, -0.1) is 0 Å². The summed E-state index contributed by atoms with van der Waals surface area (Å²) < 4.78 is 27.6. The fourth-order valence-electron chi connectivity index (χ4n) is 3.09. The quantitative estimate of drug-likeness (QED) is 0.868. The van der Waals surface area contributed by atoms with Crippen LogP contribution in [0.4, 0.5) is 0 Å². The Bertz CT molecular complexity index is 771. The summed E-state index contributed by atoms with van der Waals surface area (Å²) in [6.07, 6.45) is 3.61. The molecule has 1 aromatic heterocycles. The van der Waals surface area contributed by atoms with Crippen molar-refractivity contribution in [3.8, 4) is 0 Å². The second-order valence-corrected chi connectivity index (χ2v) is 7.87. The third-order valence-corrected chi connectivity index (χ3v) is 6.34. The fourth-order valence-corrected chi connectivity index (χ4v) is 4.66. The predicted octanol–water partition coefficient (Wildman–Crippen LogP) is 1.95. The van der Waals surface area contributed by atoms with Gasteiger partial charge in [0.25, 0.3) is 0 Å². The van der Waals surface area contributed by atoms with Crippen LogP contribution in [0.5, 0.6) is 0 Å². The van der Waals surface area contributed by atoms with Crippen LogP contribution in [0.15, 0.2) is 41.4 Å². The first-order valence-electron chi connectivity index (χ1n) is 7.50. The van der Waals surface area contributed by atoms with Crippen molar-refractivity contribution in [2.24, 2.45) is 0 Å². The van der Waals surface area contributed by atoms with Gasteiger partial charge < -0.3 is 4.90 Å². The van der Waals surface area contributed by atoms with Crippen LogP contribution < -0.4 is 0 Å². The molecule has 3 rings (SSSR count). The van der Waals surface area contributed by atoms with Crippen LogP contribution in [0, 0.1) is 0 Å². The zero-order valence-corrected chi connectivity index (χ0v) is 13.8. The summed E-state index contributed by atoms with van der Waals surface area (Å²) in [6.45, 7) is 1.81. The number of piperidine rings is 1. The van der Waals surface area contributed by atoms with E-state index in [1.54, 1.807) is 31.4 Å². The summed E-state index contributed by atoms with van der Waals surface area (Å²) in [7, 11) is 0.203. The number of rotatable bonds is 3. The maximum atomic E-state index is 13.0. The van der Waals surface area contributed by atoms with E-state index >= 15 is 0 Å². The lowest BCUT2D eigenvalue weighted by Gasteiger charge is -2.35. The van der Waals surface area contributed by atoms with Crippen LogP contribution >= 0.6 is 0 Å². The van der Waals surface area contributed by atoms with E-state index in [4.69, 9.17) is 0 Å². The van der Waals surface area contributed by atoms with Gasteiger partial charge in [0.2, 0.25) is 10.0 Å². The molecule has 1 saturated heterocycles. The lowest BCUT2D eigenvalue weighted by atomic mass is 10.1. The molecule has 2 heterocycles. The Kier molecular flexibility index (Phi) is 4.16. The van der Waals surface area contributed by atoms with Gasteiger partial charge >= 0.3 is 0 Å². The van der Waals surface area contributed by atoms with Crippen LogP contribution in [0.1, 0.15) is 12.8 Å². The minimum atomic E-state index is -3.52. The highest BCUT2D eigenvalue weighted by molar-refractivity contribution is 7.89. The number of hydrogen-bond acceptors (Lipinski definition) is 4. The van der Waals surface area contributed by atoms with Gasteiger partial charge in [-0.25, -0.2) is 8.42 Å². The summed E-state index contributed by atoms with van der Waals surface area (Å²) in [6, 6.07) is 8.87. The van der Waals surface area contributed by atoms with Crippen molar-refractivity contribution >= 4 is 20.9 Å². The molecule has 0 unspecified atom stereocenters. The zero-order chi connectivity index (χ0) is 15.7. The minimum absolute atomic E-state index is 0.0238. The van der Waals surface area contributed by atoms with Gasteiger partial charge in [-0.3, -0.25) is 4.98 Å². The molecule has 0 spiro atoms. The molecule has 0 N–H and O–H groups in total. The third-order valence-electron chi connectivity index (χ3n) is 4.38. The van der Waals surface area contributed by atoms with E-state index in [9.17, 15) is 8.42 Å². The molecule has 22 heavy (non-hydrogen) atoms. The second kappa shape index (κ2) is 5.95. The first kappa shape index (κ1) is 15.4. The first-order chi connectivity index (χ1) is 10.5. The normalized spacial score (nSPS) is 20.6. The highest BCUT2D eigenvalue weighted by Gasteiger charge is 2.31. The van der Waals surface area contributed by atoms with Crippen molar-refractivity contribution in [3.63, 3.8) is 0 Å². The summed E-state index contributed by atoms with van der Waals surface area (Å²) in [5.74, 6) is 0. The predicted molar refractivity (Wildman–Crippen MR) is 87.2 cm³/mol. The van der Waals surface area contributed by atoms with E-state index < -0.39 is 10.0 Å². The molecule has 2 aromatic rings. The van der Waals surface area contributed by atoms with Gasteiger partial charge in [0.1, 0.15) is 0 Å². The van der Waals surface area contributed by atoms with E-state index in [0.717, 1.165) is 25.9 Å². The fraction of sp³-hybridized carbons (Fsp3) is 0.438. The maximum Gasteiger partial charge on any atom is 0.243 e. The van der Waals surface area contributed by atoms with E-state index in [1.807, 2.05) is 19.2 Å². The van der Waals surface area contributed by atoms with Crippen LogP contribution in [-0.2, 0) is 10.0 Å². The van der Waals surface area contributed by atoms with Crippen molar-refractivity contribution in [1.29, 1.82) is 0 Å². The van der Waals surface area contributed by atoms with Gasteiger partial charge in [-0.2, -0.15) is 4.31 Å². The van der Waals surface area contributed by atoms with Crippen LogP contribution in [-0.4, -0.2) is 55.8 Å². The molecule has 0 radical (unpaired) electrons. The Hall–Kier alpha value is -1.50. The van der Waals surface area contributed by atoms with Gasteiger partial charge in [0.15, 0.2) is 0 Å². The summed E-state index contributed by atoms with van der Waals surface area (Å²) >= 11 is 0. The number of fused-ring (bicyclic) bond motifs is 1. The molecule has 1 aliphatic rings. The largest absolute Gasteiger partial charge is 0.305 e. The molecule has 0 aliphatic carbocycles. The standard InChI is InChI=1S/C16H21N3O2S/c1-18-11-5-6-13(12-18)19(2)22(20,21)16-9-3-8-15-14(16)7-4-10-17-15/h3-4,7-10,13H,5-6,11-12H2,1-2H3/t13-/m0/s1. The van der Waals surface area contributed by atoms with E-state index in [0.29, 0.717) is 15.8 Å². The molecule has 6 heteroatoms. The molecule has 0 bridgehead atoms. The number of sulfonamides is 1. The smallest absolute Gasteiger partial charge is 0.243 e. The van der Waals surface area contributed by atoms with E-state index in [1.165, 1.54) is 4.31 Å². The summed E-state index contributed by atoms with van der Waals surface area (Å²) in [5, 5.41) is 0.681. The number of hydrogen-bond donors (Lipinski definition) is 0. The molecule has 5 nitrogen and oxygen atoms in total. The Labute approximate surface area is 131 Å². The average Bonchev–Trinajstić information content (AvgIpc) is 2.53. The highest BCUT2D eigenvalue weighted by Crippen LogP contribution is 2.26. The van der Waals surface area contributed by atoms with E-state index in [-0.39, 0.29) is 6.04 Å². The van der Waals surface area contributed by atoms with Gasteiger partial charge in [-0.1, -0.05) is 6.07 Å². The number of pyridine rings is 1. The molecule has 1 fully saturated rings. The van der Waals surface area contributed by atoms with Crippen molar-refractivity contribution in [1.82, 2.24) is 14.2 Å². The van der Waals surface area contributed by atoms with Gasteiger partial charge in [0.05, 0.1) is 10.4 Å². The van der Waals surface area contributed by atoms with Gasteiger partial charge in [-0.05, 0) is 50.7 Å². The number of nitrogens with zero attached hydrogens (tertiary/aromatic N) is 3. The molecule has 0 saturated carbocycles. The van der Waals surface area contributed by atoms with Crippen molar-refractivity contribution in [2.45, 2.75) is 23.8 Å². The van der Waals surface area contributed by atoms with E-state index in [2.05, 4.69) is 9.88 Å². The Balaban J connectivity index is 2.01. The molecule has 118 valence electrons. The summed E-state index contributed by atoms with van der Waals surface area (Å²) in [5.41, 5.74) is 0.706. The number of likely N-dealkylation sites (N-methyl/N-ethyl adjacent to an activating group) is 2. The second-order valence-electron chi connectivity index (χ2n) is 5.91. The SMILES string of the molecule is CN1CCC[C@H](N(C)S(=O)(=O)c2cccc3ncccc23)C1. The Morgan fingerprint density at radius 2 is 2.09 bits per heavy atom. The third kappa shape index (κ3) is 2.74. The Morgan fingerprint density at radius 1 is 1.27 bits per heavy atom. The Morgan fingerprint density at radius 3 is 2.86 bits per heavy atom. The minimum Gasteiger partial charge on any atom is -0.305 e. The number of benzene rings is 1. The van der Waals surface area contributed by atoms with Crippen LogP contribution in [0.25, 0.3) is 10.9 Å². The summed E-state index contributed by atoms with van der Waals surface area (Å²) in [4.78, 5) is 6.77. The van der Waals surface area contributed by atoms with Crippen molar-refractivity contribution in [3.05, 3.63) is 36.5 Å². The van der Waals surface area contributed by atoms with Crippen LogP contribution in [0.3, 0.4) is 0 Å². The lowest BCUT2D eigenvalue weighted by Crippen LogP contribution is -2.47. The first-order valence-corrected chi connectivity index (χ1v) is 8.94. The average molecular weight is 319 g/mol. The molecule has 1 aliphatic heterocycles. The van der Waals surface area contributed by atoms with Gasteiger partial charge in [0, 0.05) is 31.2 Å². The number of likely N-dealkylation sites (tertiary alicyclic amines) is 1. The maximum absolute atomic E-state index is 13.0. The lowest BCUT2D eigenvalue weighted by molar-refractivity contribution is 0.187. The topological polar surface area (TPSA) is 53.5 Å². The molecule has 0 amide bonds. The molecule has 1 aromatic carbocycles. The monoisotopic (exact) mass is 319 g/mol. The molecular formula is C16H21N3O2S. The number of aromatic nitrogens is 1.